The molecule has 1 aromatic heterocycles. The number of allylic oxidation sites excluding steroid dienone is 3. The highest BCUT2D eigenvalue weighted by Crippen LogP contribution is 2.23. The van der Waals surface area contributed by atoms with Crippen molar-refractivity contribution in [3.8, 4) is 0 Å². The first-order valence-corrected chi connectivity index (χ1v) is 7.18. The van der Waals surface area contributed by atoms with E-state index in [4.69, 9.17) is 0 Å². The van der Waals surface area contributed by atoms with Gasteiger partial charge in [0.15, 0.2) is 5.03 Å². The number of aromatic nitrogens is 2. The molecular formula is C12H16N2O2S. The fourth-order valence-electron chi connectivity index (χ4n) is 1.84. The maximum atomic E-state index is 12.3. The molecule has 1 heterocycles. The average molecular weight is 252 g/mol. The van der Waals surface area contributed by atoms with Gasteiger partial charge in [0.1, 0.15) is 5.82 Å². The van der Waals surface area contributed by atoms with Crippen LogP contribution in [0.4, 0.5) is 0 Å². The van der Waals surface area contributed by atoms with E-state index in [9.17, 15) is 8.42 Å². The Bertz CT molecular complexity index is 580. The number of sulfone groups is 1. The standard InChI is InChI=1S/C12H16N2O2S/c1-3-11-13-12(9-14(11)2)17(15,16)10-7-5-4-6-8-10/h5,7-9H,3-4,6H2,1-2H3. The highest BCUT2D eigenvalue weighted by molar-refractivity contribution is 7.95. The zero-order chi connectivity index (χ0) is 12.5. The van der Waals surface area contributed by atoms with Crippen molar-refractivity contribution in [2.75, 3.05) is 0 Å². The van der Waals surface area contributed by atoms with Gasteiger partial charge in [-0.25, -0.2) is 13.4 Å². The van der Waals surface area contributed by atoms with Crippen LogP contribution in [0, 0.1) is 0 Å². The molecule has 2 rings (SSSR count). The lowest BCUT2D eigenvalue weighted by molar-refractivity contribution is 0.599. The van der Waals surface area contributed by atoms with Crippen LogP contribution >= 0.6 is 0 Å². The third kappa shape index (κ3) is 2.20. The summed E-state index contributed by atoms with van der Waals surface area (Å²) in [6.45, 7) is 1.96. The van der Waals surface area contributed by atoms with Crippen molar-refractivity contribution in [3.05, 3.63) is 35.2 Å². The van der Waals surface area contributed by atoms with Crippen molar-refractivity contribution < 1.29 is 8.42 Å². The number of hydrogen-bond acceptors (Lipinski definition) is 3. The number of aryl methyl sites for hydroxylation is 2. The summed E-state index contributed by atoms with van der Waals surface area (Å²) in [6, 6.07) is 0. The van der Waals surface area contributed by atoms with E-state index in [1.807, 2.05) is 20.0 Å². The molecule has 0 aliphatic heterocycles. The summed E-state index contributed by atoms with van der Waals surface area (Å²) in [5.41, 5.74) is 0. The molecule has 4 nitrogen and oxygen atoms in total. The Morgan fingerprint density at radius 3 is 2.71 bits per heavy atom. The van der Waals surface area contributed by atoms with Gasteiger partial charge < -0.3 is 4.57 Å². The molecule has 0 aromatic carbocycles. The van der Waals surface area contributed by atoms with Gasteiger partial charge >= 0.3 is 0 Å². The largest absolute Gasteiger partial charge is 0.337 e. The van der Waals surface area contributed by atoms with Crippen LogP contribution in [-0.4, -0.2) is 18.0 Å². The third-order valence-corrected chi connectivity index (χ3v) is 4.48. The monoisotopic (exact) mass is 252 g/mol. The smallest absolute Gasteiger partial charge is 0.225 e. The highest BCUT2D eigenvalue weighted by Gasteiger charge is 2.23. The van der Waals surface area contributed by atoms with Crippen molar-refractivity contribution in [2.24, 2.45) is 7.05 Å². The first kappa shape index (κ1) is 12.1. The number of rotatable bonds is 3. The van der Waals surface area contributed by atoms with E-state index in [2.05, 4.69) is 4.98 Å². The summed E-state index contributed by atoms with van der Waals surface area (Å²) in [5.74, 6) is 0.781. The van der Waals surface area contributed by atoms with E-state index >= 15 is 0 Å². The van der Waals surface area contributed by atoms with Gasteiger partial charge in [-0.15, -0.1) is 0 Å². The summed E-state index contributed by atoms with van der Waals surface area (Å²) >= 11 is 0. The average Bonchev–Trinajstić information content (AvgIpc) is 2.72. The summed E-state index contributed by atoms with van der Waals surface area (Å²) < 4.78 is 26.3. The van der Waals surface area contributed by atoms with Crippen LogP contribution in [-0.2, 0) is 23.3 Å². The molecule has 0 unspecified atom stereocenters. The molecule has 0 radical (unpaired) electrons. The van der Waals surface area contributed by atoms with E-state index in [1.165, 1.54) is 0 Å². The van der Waals surface area contributed by atoms with Crippen molar-refractivity contribution in [1.82, 2.24) is 9.55 Å². The maximum absolute atomic E-state index is 12.3. The lowest BCUT2D eigenvalue weighted by atomic mass is 10.2. The zero-order valence-electron chi connectivity index (χ0n) is 10.0. The van der Waals surface area contributed by atoms with E-state index in [0.717, 1.165) is 25.1 Å². The molecule has 0 saturated carbocycles. The van der Waals surface area contributed by atoms with Crippen molar-refractivity contribution in [1.29, 1.82) is 0 Å². The van der Waals surface area contributed by atoms with Crippen LogP contribution in [0.2, 0.25) is 0 Å². The highest BCUT2D eigenvalue weighted by atomic mass is 32.2. The fourth-order valence-corrected chi connectivity index (χ4v) is 3.22. The van der Waals surface area contributed by atoms with Crippen LogP contribution in [0.5, 0.6) is 0 Å². The van der Waals surface area contributed by atoms with Crippen LogP contribution < -0.4 is 0 Å². The second-order valence-corrected chi connectivity index (χ2v) is 5.95. The molecule has 0 fully saturated rings. The Morgan fingerprint density at radius 1 is 1.41 bits per heavy atom. The minimum atomic E-state index is -3.43. The Kier molecular flexibility index (Phi) is 3.19. The number of imidazole rings is 1. The molecule has 92 valence electrons. The molecule has 0 bridgehead atoms. The molecule has 17 heavy (non-hydrogen) atoms. The molecule has 0 saturated heterocycles. The molecule has 1 aromatic rings. The first-order valence-electron chi connectivity index (χ1n) is 5.69. The molecule has 5 heteroatoms. The molecule has 0 spiro atoms. The lowest BCUT2D eigenvalue weighted by Gasteiger charge is -2.05. The van der Waals surface area contributed by atoms with E-state index < -0.39 is 9.84 Å². The number of hydrogen-bond donors (Lipinski definition) is 0. The summed E-state index contributed by atoms with van der Waals surface area (Å²) in [6.07, 6.45) is 9.30. The lowest BCUT2D eigenvalue weighted by Crippen LogP contribution is -2.05. The van der Waals surface area contributed by atoms with Crippen molar-refractivity contribution in [2.45, 2.75) is 31.2 Å². The van der Waals surface area contributed by atoms with Crippen molar-refractivity contribution >= 4 is 9.84 Å². The Labute approximate surface area is 102 Å². The molecule has 0 atom stereocenters. The minimum absolute atomic E-state index is 0.148. The predicted octanol–water partition coefficient (Wildman–Crippen LogP) is 1.99. The second kappa shape index (κ2) is 4.49. The van der Waals surface area contributed by atoms with Gasteiger partial charge in [-0.3, -0.25) is 0 Å². The maximum Gasteiger partial charge on any atom is 0.225 e. The Morgan fingerprint density at radius 2 is 2.18 bits per heavy atom. The fraction of sp³-hybridized carbons (Fsp3) is 0.417. The molecule has 0 N–H and O–H groups in total. The van der Waals surface area contributed by atoms with Gasteiger partial charge in [0.05, 0.1) is 4.91 Å². The van der Waals surface area contributed by atoms with Crippen LogP contribution in [0.1, 0.15) is 25.6 Å². The topological polar surface area (TPSA) is 52.0 Å². The third-order valence-electron chi connectivity index (χ3n) is 2.81. The van der Waals surface area contributed by atoms with Gasteiger partial charge in [-0.2, -0.15) is 0 Å². The summed E-state index contributed by atoms with van der Waals surface area (Å²) in [5, 5.41) is 0.148. The van der Waals surface area contributed by atoms with Crippen molar-refractivity contribution in [3.63, 3.8) is 0 Å². The molecular weight excluding hydrogens is 236 g/mol. The molecule has 1 aliphatic carbocycles. The molecule has 1 aliphatic rings. The normalized spacial score (nSPS) is 16.0. The van der Waals surface area contributed by atoms with E-state index in [0.29, 0.717) is 4.91 Å². The van der Waals surface area contributed by atoms with Gasteiger partial charge in [0.25, 0.3) is 0 Å². The minimum Gasteiger partial charge on any atom is -0.337 e. The first-order chi connectivity index (χ1) is 8.05. The number of nitrogens with zero attached hydrogens (tertiary/aromatic N) is 2. The van der Waals surface area contributed by atoms with E-state index in [1.54, 1.807) is 22.9 Å². The van der Waals surface area contributed by atoms with Gasteiger partial charge in [0.2, 0.25) is 9.84 Å². The Balaban J connectivity index is 2.44. The summed E-state index contributed by atoms with van der Waals surface area (Å²) in [4.78, 5) is 4.54. The second-order valence-electron chi connectivity index (χ2n) is 4.05. The van der Waals surface area contributed by atoms with Gasteiger partial charge in [0, 0.05) is 19.7 Å². The SMILES string of the molecule is CCc1nc(S(=O)(=O)C2=CCCC=C2)cn1C. The van der Waals surface area contributed by atoms with E-state index in [-0.39, 0.29) is 5.03 Å². The van der Waals surface area contributed by atoms with Gasteiger partial charge in [-0.1, -0.05) is 19.1 Å². The predicted molar refractivity (Wildman–Crippen MR) is 66.2 cm³/mol. The van der Waals surface area contributed by atoms with Gasteiger partial charge in [-0.05, 0) is 18.9 Å². The van der Waals surface area contributed by atoms with Crippen LogP contribution in [0.3, 0.4) is 0 Å². The van der Waals surface area contributed by atoms with Crippen LogP contribution in [0.25, 0.3) is 0 Å². The molecule has 0 amide bonds. The Hall–Kier alpha value is -1.36. The zero-order valence-corrected chi connectivity index (χ0v) is 10.9. The van der Waals surface area contributed by atoms with Crippen LogP contribution in [0.15, 0.2) is 34.4 Å². The quantitative estimate of drug-likeness (QED) is 0.826. The summed E-state index contributed by atoms with van der Waals surface area (Å²) in [7, 11) is -1.62.